The van der Waals surface area contributed by atoms with Crippen LogP contribution in [0.25, 0.3) is 0 Å². The maximum atomic E-state index is 6.12. The highest BCUT2D eigenvalue weighted by Gasteiger charge is 2.15. The summed E-state index contributed by atoms with van der Waals surface area (Å²) in [5, 5.41) is 3.49. The third kappa shape index (κ3) is 3.27. The van der Waals surface area contributed by atoms with Crippen LogP contribution in [0.3, 0.4) is 0 Å². The van der Waals surface area contributed by atoms with E-state index in [2.05, 4.69) is 61.6 Å². The summed E-state index contributed by atoms with van der Waals surface area (Å²) in [6, 6.07) is 16.9. The van der Waals surface area contributed by atoms with E-state index in [1.807, 2.05) is 6.07 Å². The van der Waals surface area contributed by atoms with Crippen LogP contribution < -0.4 is 10.1 Å². The third-order valence-electron chi connectivity index (χ3n) is 4.25. The summed E-state index contributed by atoms with van der Waals surface area (Å²) in [5.41, 5.74) is 4.09. The Morgan fingerprint density at radius 3 is 2.76 bits per heavy atom. The molecule has 110 valence electrons. The number of ether oxygens (including phenoxy) is 1. The number of fused-ring (bicyclic) bond motifs is 1. The molecule has 0 saturated carbocycles. The van der Waals surface area contributed by atoms with Crippen LogP contribution >= 0.6 is 0 Å². The molecule has 0 bridgehead atoms. The van der Waals surface area contributed by atoms with Crippen LogP contribution in [0, 0.1) is 0 Å². The average Bonchev–Trinajstić information content (AvgIpc) is 2.70. The van der Waals surface area contributed by atoms with Crippen molar-refractivity contribution in [3.05, 3.63) is 65.2 Å². The molecule has 21 heavy (non-hydrogen) atoms. The van der Waals surface area contributed by atoms with E-state index >= 15 is 0 Å². The molecule has 0 radical (unpaired) electrons. The van der Waals surface area contributed by atoms with E-state index < -0.39 is 0 Å². The lowest BCUT2D eigenvalue weighted by molar-refractivity contribution is 0.226. The van der Waals surface area contributed by atoms with E-state index in [1.165, 1.54) is 16.7 Å². The number of benzene rings is 2. The molecule has 0 aliphatic carbocycles. The van der Waals surface area contributed by atoms with Gasteiger partial charge >= 0.3 is 0 Å². The molecule has 2 aromatic carbocycles. The van der Waals surface area contributed by atoms with Gasteiger partial charge in [-0.1, -0.05) is 43.3 Å². The molecule has 0 unspecified atom stereocenters. The van der Waals surface area contributed by atoms with Crippen LogP contribution in [0.1, 0.15) is 42.6 Å². The first-order chi connectivity index (χ1) is 10.2. The van der Waals surface area contributed by atoms with Gasteiger partial charge in [0.05, 0.1) is 0 Å². The fraction of sp³-hybridized carbons (Fsp3) is 0.368. The lowest BCUT2D eigenvalue weighted by atomic mass is 9.95. The van der Waals surface area contributed by atoms with E-state index in [0.717, 1.165) is 25.3 Å². The molecule has 1 heterocycles. The summed E-state index contributed by atoms with van der Waals surface area (Å²) in [6.45, 7) is 6.50. The quantitative estimate of drug-likeness (QED) is 0.915. The van der Waals surface area contributed by atoms with Gasteiger partial charge in [-0.05, 0) is 54.6 Å². The second-order valence-electron chi connectivity index (χ2n) is 5.89. The fourth-order valence-corrected chi connectivity index (χ4v) is 3.00. The van der Waals surface area contributed by atoms with Crippen molar-refractivity contribution >= 4 is 0 Å². The minimum Gasteiger partial charge on any atom is -0.486 e. The first-order valence-corrected chi connectivity index (χ1v) is 7.79. The topological polar surface area (TPSA) is 21.3 Å². The Morgan fingerprint density at radius 1 is 1.14 bits per heavy atom. The van der Waals surface area contributed by atoms with Gasteiger partial charge in [0.1, 0.15) is 11.9 Å². The van der Waals surface area contributed by atoms with Crippen molar-refractivity contribution in [2.24, 2.45) is 0 Å². The highest BCUT2D eigenvalue weighted by Crippen LogP contribution is 2.28. The van der Waals surface area contributed by atoms with Crippen LogP contribution in [0.4, 0.5) is 0 Å². The Hall–Kier alpha value is -1.80. The second-order valence-corrected chi connectivity index (χ2v) is 5.89. The molecule has 2 heteroatoms. The van der Waals surface area contributed by atoms with E-state index in [0.29, 0.717) is 5.92 Å². The van der Waals surface area contributed by atoms with Gasteiger partial charge in [-0.25, -0.2) is 0 Å². The predicted molar refractivity (Wildman–Crippen MR) is 86.9 cm³/mol. The van der Waals surface area contributed by atoms with Crippen molar-refractivity contribution in [3.63, 3.8) is 0 Å². The molecule has 0 aromatic heterocycles. The monoisotopic (exact) mass is 281 g/mol. The highest BCUT2D eigenvalue weighted by atomic mass is 16.5. The van der Waals surface area contributed by atoms with E-state index in [4.69, 9.17) is 4.74 Å². The molecule has 1 N–H and O–H groups in total. The first-order valence-electron chi connectivity index (χ1n) is 7.79. The van der Waals surface area contributed by atoms with Crippen LogP contribution in [0.2, 0.25) is 0 Å². The van der Waals surface area contributed by atoms with Gasteiger partial charge in [0.15, 0.2) is 0 Å². The molecule has 0 saturated heterocycles. The molecule has 3 rings (SSSR count). The predicted octanol–water partition coefficient (Wildman–Crippen LogP) is 4.08. The maximum absolute atomic E-state index is 6.12. The Kier molecular flexibility index (Phi) is 4.26. The standard InChI is InChI=1S/C19H23NO/c1-14-13-20-11-10-17-12-18(8-9-19(14)17)21-15(2)16-6-4-3-5-7-16/h3-9,12,14-15,20H,10-11,13H2,1-2H3/t14-,15-/m1/s1. The van der Waals surface area contributed by atoms with Gasteiger partial charge in [0, 0.05) is 6.54 Å². The summed E-state index contributed by atoms with van der Waals surface area (Å²) in [7, 11) is 0. The Bertz CT molecular complexity index is 594. The van der Waals surface area contributed by atoms with Crippen LogP contribution in [0.15, 0.2) is 48.5 Å². The smallest absolute Gasteiger partial charge is 0.121 e. The second kappa shape index (κ2) is 6.31. The van der Waals surface area contributed by atoms with Gasteiger partial charge in [0.2, 0.25) is 0 Å². The van der Waals surface area contributed by atoms with Crippen molar-refractivity contribution < 1.29 is 4.74 Å². The average molecular weight is 281 g/mol. The van der Waals surface area contributed by atoms with Gasteiger partial charge in [0.25, 0.3) is 0 Å². The first kappa shape index (κ1) is 14.2. The van der Waals surface area contributed by atoms with Crippen molar-refractivity contribution in [1.82, 2.24) is 5.32 Å². The highest BCUT2D eigenvalue weighted by molar-refractivity contribution is 5.39. The molecule has 1 aliphatic heterocycles. The zero-order valence-corrected chi connectivity index (χ0v) is 12.8. The van der Waals surface area contributed by atoms with Crippen LogP contribution in [0.5, 0.6) is 5.75 Å². The zero-order valence-electron chi connectivity index (χ0n) is 12.8. The fourth-order valence-electron chi connectivity index (χ4n) is 3.00. The number of hydrogen-bond acceptors (Lipinski definition) is 2. The summed E-state index contributed by atoms with van der Waals surface area (Å²) in [4.78, 5) is 0. The van der Waals surface area contributed by atoms with Crippen molar-refractivity contribution in [2.45, 2.75) is 32.3 Å². The summed E-state index contributed by atoms with van der Waals surface area (Å²) < 4.78 is 6.12. The Morgan fingerprint density at radius 2 is 1.95 bits per heavy atom. The van der Waals surface area contributed by atoms with Crippen molar-refractivity contribution in [1.29, 1.82) is 0 Å². The van der Waals surface area contributed by atoms with Crippen LogP contribution in [-0.2, 0) is 6.42 Å². The normalized spacial score (nSPS) is 19.4. The Labute approximate surface area is 127 Å². The molecule has 0 fully saturated rings. The minimum absolute atomic E-state index is 0.0746. The number of nitrogens with one attached hydrogen (secondary N) is 1. The minimum atomic E-state index is 0.0746. The lowest BCUT2D eigenvalue weighted by Crippen LogP contribution is -2.18. The summed E-state index contributed by atoms with van der Waals surface area (Å²) in [5.74, 6) is 1.54. The lowest BCUT2D eigenvalue weighted by Gasteiger charge is -2.18. The molecular weight excluding hydrogens is 258 g/mol. The largest absolute Gasteiger partial charge is 0.486 e. The summed E-state index contributed by atoms with van der Waals surface area (Å²) >= 11 is 0. The number of rotatable bonds is 3. The van der Waals surface area contributed by atoms with E-state index in [1.54, 1.807) is 0 Å². The van der Waals surface area contributed by atoms with Crippen LogP contribution in [-0.4, -0.2) is 13.1 Å². The molecule has 2 aromatic rings. The van der Waals surface area contributed by atoms with Gasteiger partial charge in [-0.3, -0.25) is 0 Å². The third-order valence-corrected chi connectivity index (χ3v) is 4.25. The van der Waals surface area contributed by atoms with Gasteiger partial charge < -0.3 is 10.1 Å². The molecule has 2 atom stereocenters. The molecular formula is C19H23NO. The summed E-state index contributed by atoms with van der Waals surface area (Å²) in [6.07, 6.45) is 1.15. The molecule has 1 aliphatic rings. The van der Waals surface area contributed by atoms with E-state index in [-0.39, 0.29) is 6.10 Å². The van der Waals surface area contributed by atoms with Gasteiger partial charge in [-0.15, -0.1) is 0 Å². The number of hydrogen-bond donors (Lipinski definition) is 1. The van der Waals surface area contributed by atoms with Crippen molar-refractivity contribution in [3.8, 4) is 5.75 Å². The zero-order chi connectivity index (χ0) is 14.7. The van der Waals surface area contributed by atoms with Gasteiger partial charge in [-0.2, -0.15) is 0 Å². The molecule has 2 nitrogen and oxygen atoms in total. The maximum Gasteiger partial charge on any atom is 0.121 e. The molecule has 0 amide bonds. The SMILES string of the molecule is C[C@@H]1CNCCc2cc(O[C@H](C)c3ccccc3)ccc21. The Balaban J connectivity index is 1.79. The van der Waals surface area contributed by atoms with E-state index in [9.17, 15) is 0 Å². The molecule has 0 spiro atoms. The van der Waals surface area contributed by atoms with Crippen molar-refractivity contribution in [2.75, 3.05) is 13.1 Å².